The van der Waals surface area contributed by atoms with Gasteiger partial charge in [0.2, 0.25) is 6.10 Å². The van der Waals surface area contributed by atoms with E-state index in [0.29, 0.717) is 41.4 Å². The summed E-state index contributed by atoms with van der Waals surface area (Å²) in [6.07, 6.45) is 1.03. The lowest BCUT2D eigenvalue weighted by atomic mass is 10.2. The van der Waals surface area contributed by atoms with Gasteiger partial charge in [-0.2, -0.15) is 0 Å². The van der Waals surface area contributed by atoms with E-state index >= 15 is 0 Å². The molecule has 8 nitrogen and oxygen atoms in total. The van der Waals surface area contributed by atoms with Crippen molar-refractivity contribution in [2.24, 2.45) is 0 Å². The molecule has 31 heavy (non-hydrogen) atoms. The monoisotopic (exact) mass is 421 g/mol. The first-order valence-electron chi connectivity index (χ1n) is 10.4. The first kappa shape index (κ1) is 19.6. The number of rotatable bonds is 5. The molecule has 8 heteroatoms. The van der Waals surface area contributed by atoms with Crippen molar-refractivity contribution in [3.8, 4) is 11.5 Å². The molecule has 0 spiro atoms. The number of nitrogens with zero attached hydrogens (tertiary/aromatic N) is 2. The molecule has 0 saturated carbocycles. The van der Waals surface area contributed by atoms with Gasteiger partial charge >= 0.3 is 0 Å². The minimum atomic E-state index is -0.775. The number of hydrogen-bond acceptors (Lipinski definition) is 6. The Hall–Kier alpha value is -3.39. The molecule has 1 saturated heterocycles. The van der Waals surface area contributed by atoms with E-state index in [1.54, 1.807) is 29.2 Å². The van der Waals surface area contributed by atoms with Gasteiger partial charge in [0.25, 0.3) is 11.5 Å². The molecule has 0 bridgehead atoms. The van der Waals surface area contributed by atoms with Gasteiger partial charge in [-0.05, 0) is 37.1 Å². The van der Waals surface area contributed by atoms with Crippen LogP contribution in [0.5, 0.6) is 11.5 Å². The minimum absolute atomic E-state index is 0.0482. The molecule has 5 rings (SSSR count). The van der Waals surface area contributed by atoms with Crippen molar-refractivity contribution < 1.29 is 19.0 Å². The summed E-state index contributed by atoms with van der Waals surface area (Å²) in [5.74, 6) is 1.37. The highest BCUT2D eigenvalue weighted by atomic mass is 16.6. The smallest absolute Gasteiger partial charge is 0.267 e. The maximum atomic E-state index is 13.4. The normalized spacial score (nSPS) is 20.0. The third-order valence-electron chi connectivity index (χ3n) is 5.55. The molecule has 3 aromatic rings. The second kappa shape index (κ2) is 8.39. The number of hydrogen-bond donors (Lipinski definition) is 1. The van der Waals surface area contributed by atoms with E-state index in [1.165, 1.54) is 0 Å². The molecular formula is C23H23N3O5. The predicted molar refractivity (Wildman–Crippen MR) is 113 cm³/mol. The van der Waals surface area contributed by atoms with Crippen molar-refractivity contribution in [1.82, 2.24) is 14.9 Å². The van der Waals surface area contributed by atoms with E-state index in [2.05, 4.69) is 9.97 Å². The average Bonchev–Trinajstić information content (AvgIpc) is 3.31. The van der Waals surface area contributed by atoms with Gasteiger partial charge in [-0.25, -0.2) is 4.98 Å². The van der Waals surface area contributed by atoms with E-state index in [9.17, 15) is 9.59 Å². The van der Waals surface area contributed by atoms with Crippen molar-refractivity contribution in [3.63, 3.8) is 0 Å². The standard InChI is InChI=1S/C23H23N3O5/c27-22-16-7-1-2-8-17(16)24-21(25-22)13-26(12-15-6-5-11-29-15)23(28)20-14-30-18-9-3-4-10-19(18)31-20/h1-4,7-10,15,20H,5-6,11-14H2,(H,24,25,27)/t15-,20-/m0/s1. The van der Waals surface area contributed by atoms with Crippen molar-refractivity contribution in [2.45, 2.75) is 31.6 Å². The van der Waals surface area contributed by atoms with Crippen LogP contribution in [0.25, 0.3) is 10.9 Å². The van der Waals surface area contributed by atoms with Crippen LogP contribution in [0, 0.1) is 0 Å². The maximum absolute atomic E-state index is 13.4. The van der Waals surface area contributed by atoms with Crippen LogP contribution in [-0.4, -0.2) is 52.7 Å². The minimum Gasteiger partial charge on any atom is -0.485 e. The molecule has 1 fully saturated rings. The van der Waals surface area contributed by atoms with E-state index < -0.39 is 6.10 Å². The van der Waals surface area contributed by atoms with Crippen LogP contribution in [0.4, 0.5) is 0 Å². The molecule has 3 heterocycles. The molecule has 1 aromatic heterocycles. The summed E-state index contributed by atoms with van der Waals surface area (Å²) in [6, 6.07) is 14.4. The quantitative estimate of drug-likeness (QED) is 0.679. The number of aromatic amines is 1. The Morgan fingerprint density at radius 2 is 1.94 bits per heavy atom. The molecule has 2 aromatic carbocycles. The Morgan fingerprint density at radius 3 is 2.77 bits per heavy atom. The highest BCUT2D eigenvalue weighted by Gasteiger charge is 2.33. The summed E-state index contributed by atoms with van der Waals surface area (Å²) in [5, 5.41) is 0.517. The molecule has 0 unspecified atom stereocenters. The molecule has 160 valence electrons. The Morgan fingerprint density at radius 1 is 1.13 bits per heavy atom. The van der Waals surface area contributed by atoms with Crippen molar-refractivity contribution in [2.75, 3.05) is 19.8 Å². The SMILES string of the molecule is O=C([C@@H]1COc2ccccc2O1)N(Cc1nc2ccccc2c(=O)[nH]1)C[C@@H]1CCCO1. The predicted octanol–water partition coefficient (Wildman–Crippen LogP) is 2.27. The zero-order valence-electron chi connectivity index (χ0n) is 17.0. The first-order valence-corrected chi connectivity index (χ1v) is 10.4. The zero-order chi connectivity index (χ0) is 21.2. The number of amides is 1. The third kappa shape index (κ3) is 4.11. The third-order valence-corrected chi connectivity index (χ3v) is 5.55. The molecule has 0 aliphatic carbocycles. The van der Waals surface area contributed by atoms with Crippen LogP contribution < -0.4 is 15.0 Å². The Labute approximate surface area is 178 Å². The number of fused-ring (bicyclic) bond motifs is 2. The highest BCUT2D eigenvalue weighted by molar-refractivity contribution is 5.82. The van der Waals surface area contributed by atoms with E-state index in [0.717, 1.165) is 12.8 Å². The lowest BCUT2D eigenvalue weighted by molar-refractivity contribution is -0.143. The highest BCUT2D eigenvalue weighted by Crippen LogP contribution is 2.31. The van der Waals surface area contributed by atoms with Crippen LogP contribution in [-0.2, 0) is 16.1 Å². The Balaban J connectivity index is 1.40. The van der Waals surface area contributed by atoms with Gasteiger partial charge in [0.05, 0.1) is 23.6 Å². The number of carbonyl (C=O) groups excluding carboxylic acids is 1. The van der Waals surface area contributed by atoms with Gasteiger partial charge in [-0.15, -0.1) is 0 Å². The van der Waals surface area contributed by atoms with Crippen LogP contribution in [0.3, 0.4) is 0 Å². The van der Waals surface area contributed by atoms with Gasteiger partial charge in [0.1, 0.15) is 12.4 Å². The molecule has 2 aliphatic rings. The molecular weight excluding hydrogens is 398 g/mol. The number of carbonyl (C=O) groups is 1. The van der Waals surface area contributed by atoms with Gasteiger partial charge in [0.15, 0.2) is 11.5 Å². The van der Waals surface area contributed by atoms with Crippen molar-refractivity contribution >= 4 is 16.8 Å². The Bertz CT molecular complexity index is 1160. The molecule has 2 atom stereocenters. The number of benzene rings is 2. The number of H-pyrrole nitrogens is 1. The fourth-order valence-corrected chi connectivity index (χ4v) is 4.00. The van der Waals surface area contributed by atoms with E-state index in [4.69, 9.17) is 14.2 Å². The molecule has 2 aliphatic heterocycles. The molecule has 1 amide bonds. The summed E-state index contributed by atoms with van der Waals surface area (Å²) >= 11 is 0. The maximum Gasteiger partial charge on any atom is 0.267 e. The van der Waals surface area contributed by atoms with Gasteiger partial charge < -0.3 is 24.1 Å². The van der Waals surface area contributed by atoms with E-state index in [-0.39, 0.29) is 30.7 Å². The van der Waals surface area contributed by atoms with Gasteiger partial charge in [-0.3, -0.25) is 9.59 Å². The van der Waals surface area contributed by atoms with E-state index in [1.807, 2.05) is 24.3 Å². The van der Waals surface area contributed by atoms with Crippen LogP contribution in [0.15, 0.2) is 53.3 Å². The summed E-state index contributed by atoms with van der Waals surface area (Å²) < 4.78 is 17.4. The lowest BCUT2D eigenvalue weighted by Gasteiger charge is -2.31. The van der Waals surface area contributed by atoms with Crippen LogP contribution >= 0.6 is 0 Å². The largest absolute Gasteiger partial charge is 0.485 e. The second-order valence-electron chi connectivity index (χ2n) is 7.75. The van der Waals surface area contributed by atoms with Crippen molar-refractivity contribution in [1.29, 1.82) is 0 Å². The number of aromatic nitrogens is 2. The van der Waals surface area contributed by atoms with Crippen LogP contribution in [0.1, 0.15) is 18.7 Å². The topological polar surface area (TPSA) is 93.8 Å². The summed E-state index contributed by atoms with van der Waals surface area (Å²) in [7, 11) is 0. The lowest BCUT2D eigenvalue weighted by Crippen LogP contribution is -2.48. The zero-order valence-corrected chi connectivity index (χ0v) is 17.0. The van der Waals surface area contributed by atoms with Gasteiger partial charge in [-0.1, -0.05) is 24.3 Å². The Kier molecular flexibility index (Phi) is 5.30. The second-order valence-corrected chi connectivity index (χ2v) is 7.75. The number of para-hydroxylation sites is 3. The fraction of sp³-hybridized carbons (Fsp3) is 0.348. The summed E-state index contributed by atoms with van der Waals surface area (Å²) in [6.45, 7) is 1.37. The first-order chi connectivity index (χ1) is 15.2. The number of nitrogens with one attached hydrogen (secondary N) is 1. The fourth-order valence-electron chi connectivity index (χ4n) is 4.00. The summed E-state index contributed by atoms with van der Waals surface area (Å²) in [4.78, 5) is 34.9. The molecule has 0 radical (unpaired) electrons. The number of ether oxygens (including phenoxy) is 3. The van der Waals surface area contributed by atoms with Gasteiger partial charge in [0, 0.05) is 13.2 Å². The average molecular weight is 421 g/mol. The van der Waals surface area contributed by atoms with Crippen LogP contribution in [0.2, 0.25) is 0 Å². The van der Waals surface area contributed by atoms with Crippen molar-refractivity contribution in [3.05, 3.63) is 64.7 Å². The molecule has 1 N–H and O–H groups in total. The summed E-state index contributed by atoms with van der Waals surface area (Å²) in [5.41, 5.74) is 0.369.